The van der Waals surface area contributed by atoms with Crippen LogP contribution in [-0.2, 0) is 9.59 Å². The Labute approximate surface area is 117 Å². The van der Waals surface area contributed by atoms with Gasteiger partial charge in [-0.15, -0.1) is 0 Å². The van der Waals surface area contributed by atoms with Gasteiger partial charge in [-0.3, -0.25) is 9.59 Å². The molecule has 2 fully saturated rings. The molecule has 0 aromatic heterocycles. The second-order valence-electron chi connectivity index (χ2n) is 6.00. The Kier molecular flexibility index (Phi) is 4.60. The molecule has 0 aromatic carbocycles. The van der Waals surface area contributed by atoms with Gasteiger partial charge in [0.2, 0.25) is 11.8 Å². The van der Waals surface area contributed by atoms with E-state index in [1.54, 1.807) is 4.90 Å². The van der Waals surface area contributed by atoms with E-state index < -0.39 is 11.9 Å². The molecule has 0 aromatic rings. The van der Waals surface area contributed by atoms with Gasteiger partial charge in [0.15, 0.2) is 0 Å². The highest BCUT2D eigenvalue weighted by molar-refractivity contribution is 5.77. The van der Waals surface area contributed by atoms with Crippen LogP contribution in [0.4, 0.5) is 8.78 Å². The second kappa shape index (κ2) is 6.06. The molecule has 2 aliphatic rings. The van der Waals surface area contributed by atoms with Crippen molar-refractivity contribution in [3.8, 4) is 0 Å². The van der Waals surface area contributed by atoms with Gasteiger partial charge in [-0.1, -0.05) is 0 Å². The van der Waals surface area contributed by atoms with Crippen LogP contribution in [0.3, 0.4) is 0 Å². The van der Waals surface area contributed by atoms with Gasteiger partial charge in [-0.05, 0) is 31.6 Å². The lowest BCUT2D eigenvalue weighted by Gasteiger charge is -2.33. The summed E-state index contributed by atoms with van der Waals surface area (Å²) in [5.74, 6) is -3.67. The van der Waals surface area contributed by atoms with Crippen molar-refractivity contribution in [1.82, 2.24) is 4.90 Å². The first-order chi connectivity index (χ1) is 9.37. The SMILES string of the molecule is O=C(O)C1CCN(C(=O)CC2CCC(F)(F)CC2)CC1. The van der Waals surface area contributed by atoms with E-state index >= 15 is 0 Å². The van der Waals surface area contributed by atoms with Crippen molar-refractivity contribution in [2.45, 2.75) is 50.9 Å². The molecule has 1 aliphatic carbocycles. The fourth-order valence-corrected chi connectivity index (χ4v) is 3.06. The highest BCUT2D eigenvalue weighted by Crippen LogP contribution is 2.37. The number of carboxylic acid groups (broad SMARTS) is 1. The smallest absolute Gasteiger partial charge is 0.306 e. The van der Waals surface area contributed by atoms with E-state index in [1.807, 2.05) is 0 Å². The standard InChI is InChI=1S/C14H21F2NO3/c15-14(16)5-1-10(2-6-14)9-12(18)17-7-3-11(4-8-17)13(19)20/h10-11H,1-9H2,(H,19,20). The molecule has 1 amide bonds. The number of halogens is 2. The van der Waals surface area contributed by atoms with Crippen molar-refractivity contribution in [3.63, 3.8) is 0 Å². The Hall–Kier alpha value is -1.20. The molecule has 114 valence electrons. The Morgan fingerprint density at radius 2 is 1.65 bits per heavy atom. The predicted molar refractivity (Wildman–Crippen MR) is 68.5 cm³/mol. The second-order valence-corrected chi connectivity index (χ2v) is 6.00. The van der Waals surface area contributed by atoms with Gasteiger partial charge in [0.1, 0.15) is 0 Å². The van der Waals surface area contributed by atoms with Crippen LogP contribution in [0.15, 0.2) is 0 Å². The maximum absolute atomic E-state index is 13.0. The Balaban J connectivity index is 1.75. The third-order valence-corrected chi connectivity index (χ3v) is 4.50. The van der Waals surface area contributed by atoms with Crippen LogP contribution in [0.5, 0.6) is 0 Å². The molecule has 4 nitrogen and oxygen atoms in total. The molecule has 1 saturated heterocycles. The van der Waals surface area contributed by atoms with Crippen LogP contribution >= 0.6 is 0 Å². The number of likely N-dealkylation sites (tertiary alicyclic amines) is 1. The van der Waals surface area contributed by atoms with Gasteiger partial charge in [-0.2, -0.15) is 0 Å². The minimum atomic E-state index is -2.56. The lowest BCUT2D eigenvalue weighted by atomic mass is 9.84. The van der Waals surface area contributed by atoms with Crippen molar-refractivity contribution < 1.29 is 23.5 Å². The normalized spacial score (nSPS) is 24.6. The van der Waals surface area contributed by atoms with E-state index in [4.69, 9.17) is 5.11 Å². The van der Waals surface area contributed by atoms with Crippen molar-refractivity contribution in [1.29, 1.82) is 0 Å². The summed E-state index contributed by atoms with van der Waals surface area (Å²) in [5, 5.41) is 8.90. The van der Waals surface area contributed by atoms with Gasteiger partial charge < -0.3 is 10.0 Å². The lowest BCUT2D eigenvalue weighted by Crippen LogP contribution is -2.41. The number of aliphatic carboxylic acids is 1. The summed E-state index contributed by atoms with van der Waals surface area (Å²) in [7, 11) is 0. The van der Waals surface area contributed by atoms with Crippen LogP contribution in [0, 0.1) is 11.8 Å². The molecule has 0 bridgehead atoms. The Morgan fingerprint density at radius 1 is 1.10 bits per heavy atom. The maximum atomic E-state index is 13.0. The number of hydrogen-bond acceptors (Lipinski definition) is 2. The third kappa shape index (κ3) is 3.90. The third-order valence-electron chi connectivity index (χ3n) is 4.50. The van der Waals surface area contributed by atoms with E-state index in [-0.39, 0.29) is 30.6 Å². The molecule has 0 unspecified atom stereocenters. The lowest BCUT2D eigenvalue weighted by molar-refractivity contribution is -0.146. The summed E-state index contributed by atoms with van der Waals surface area (Å²) in [6.07, 6.45) is 1.88. The molecule has 1 heterocycles. The van der Waals surface area contributed by atoms with Crippen LogP contribution in [0.1, 0.15) is 44.9 Å². The first-order valence-corrected chi connectivity index (χ1v) is 7.26. The fourth-order valence-electron chi connectivity index (χ4n) is 3.06. The quantitative estimate of drug-likeness (QED) is 0.868. The van der Waals surface area contributed by atoms with Crippen molar-refractivity contribution in [2.75, 3.05) is 13.1 Å². The monoisotopic (exact) mass is 289 g/mol. The summed E-state index contributed by atoms with van der Waals surface area (Å²) in [4.78, 5) is 24.6. The molecule has 20 heavy (non-hydrogen) atoms. The summed E-state index contributed by atoms with van der Waals surface area (Å²) >= 11 is 0. The van der Waals surface area contributed by atoms with Gasteiger partial charge in [0, 0.05) is 32.4 Å². The first kappa shape index (κ1) is 15.2. The molecule has 6 heteroatoms. The molecule has 0 radical (unpaired) electrons. The number of carbonyl (C=O) groups is 2. The van der Waals surface area contributed by atoms with Crippen molar-refractivity contribution >= 4 is 11.9 Å². The molecule has 1 aliphatic heterocycles. The topological polar surface area (TPSA) is 57.6 Å². The highest BCUT2D eigenvalue weighted by atomic mass is 19.3. The molecular weight excluding hydrogens is 268 g/mol. The number of carboxylic acids is 1. The molecular formula is C14H21F2NO3. The summed E-state index contributed by atoms with van der Waals surface area (Å²) in [6, 6.07) is 0. The van der Waals surface area contributed by atoms with E-state index in [9.17, 15) is 18.4 Å². The number of alkyl halides is 2. The predicted octanol–water partition coefficient (Wildman–Crippen LogP) is 2.53. The summed E-state index contributed by atoms with van der Waals surface area (Å²) in [5.41, 5.74) is 0. The van der Waals surface area contributed by atoms with E-state index in [0.717, 1.165) is 0 Å². The number of amides is 1. The van der Waals surface area contributed by atoms with Crippen LogP contribution in [0.2, 0.25) is 0 Å². The zero-order chi connectivity index (χ0) is 14.8. The number of piperidine rings is 1. The van der Waals surface area contributed by atoms with E-state index in [2.05, 4.69) is 0 Å². The van der Waals surface area contributed by atoms with Gasteiger partial charge >= 0.3 is 5.97 Å². The average Bonchev–Trinajstić information content (AvgIpc) is 2.41. The Morgan fingerprint density at radius 3 is 2.15 bits per heavy atom. The Bertz CT molecular complexity index is 369. The minimum Gasteiger partial charge on any atom is -0.481 e. The minimum absolute atomic E-state index is 0.0101. The van der Waals surface area contributed by atoms with Crippen molar-refractivity contribution in [2.24, 2.45) is 11.8 Å². The van der Waals surface area contributed by atoms with E-state index in [1.165, 1.54) is 0 Å². The average molecular weight is 289 g/mol. The largest absolute Gasteiger partial charge is 0.481 e. The summed E-state index contributed by atoms with van der Waals surface area (Å²) < 4.78 is 26.1. The maximum Gasteiger partial charge on any atom is 0.306 e. The first-order valence-electron chi connectivity index (χ1n) is 7.26. The fraction of sp³-hybridized carbons (Fsp3) is 0.857. The number of carbonyl (C=O) groups excluding carboxylic acids is 1. The van der Waals surface area contributed by atoms with Crippen LogP contribution in [0.25, 0.3) is 0 Å². The van der Waals surface area contributed by atoms with Gasteiger partial charge in [0.05, 0.1) is 5.92 Å². The highest BCUT2D eigenvalue weighted by Gasteiger charge is 2.36. The number of rotatable bonds is 3. The zero-order valence-corrected chi connectivity index (χ0v) is 11.5. The summed E-state index contributed by atoms with van der Waals surface area (Å²) in [6.45, 7) is 0.942. The number of nitrogens with zero attached hydrogens (tertiary/aromatic N) is 1. The molecule has 0 spiro atoms. The van der Waals surface area contributed by atoms with Gasteiger partial charge in [-0.25, -0.2) is 8.78 Å². The van der Waals surface area contributed by atoms with Crippen LogP contribution < -0.4 is 0 Å². The van der Waals surface area contributed by atoms with Crippen molar-refractivity contribution in [3.05, 3.63) is 0 Å². The molecule has 1 N–H and O–H groups in total. The molecule has 0 atom stereocenters. The van der Waals surface area contributed by atoms with E-state index in [0.29, 0.717) is 45.2 Å². The number of hydrogen-bond donors (Lipinski definition) is 1. The molecule has 2 rings (SSSR count). The zero-order valence-electron chi connectivity index (χ0n) is 11.5. The van der Waals surface area contributed by atoms with Gasteiger partial charge in [0.25, 0.3) is 0 Å². The van der Waals surface area contributed by atoms with Crippen LogP contribution in [-0.4, -0.2) is 40.9 Å². The molecule has 1 saturated carbocycles.